The molecule has 0 bridgehead atoms. The highest BCUT2D eigenvalue weighted by Crippen LogP contribution is 2.34. The number of imide groups is 1. The van der Waals surface area contributed by atoms with Crippen LogP contribution < -0.4 is 5.32 Å². The summed E-state index contributed by atoms with van der Waals surface area (Å²) < 4.78 is 0. The van der Waals surface area contributed by atoms with Gasteiger partial charge in [0.05, 0.1) is 17.0 Å². The minimum absolute atomic E-state index is 0.383. The third kappa shape index (κ3) is 2.95. The molecule has 1 heterocycles. The van der Waals surface area contributed by atoms with Crippen molar-refractivity contribution in [1.29, 1.82) is 5.26 Å². The van der Waals surface area contributed by atoms with Crippen molar-refractivity contribution >= 4 is 23.4 Å². The lowest BCUT2D eigenvalue weighted by molar-refractivity contribution is -0.136. The average Bonchev–Trinajstić information content (AvgIpc) is 2.64. The van der Waals surface area contributed by atoms with Crippen molar-refractivity contribution in [3.8, 4) is 6.07 Å². The van der Waals surface area contributed by atoms with E-state index in [0.717, 1.165) is 4.90 Å². The molecule has 0 atom stereocenters. The van der Waals surface area contributed by atoms with Crippen molar-refractivity contribution in [3.05, 3.63) is 65.2 Å². The Morgan fingerprint density at radius 2 is 1.88 bits per heavy atom. The summed E-state index contributed by atoms with van der Waals surface area (Å²) in [7, 11) is 0. The minimum Gasteiger partial charge on any atom is -0.324 e. The number of hydrogen-bond acceptors (Lipinski definition) is 4. The molecule has 0 saturated carbocycles. The Labute approximate surface area is 151 Å². The Kier molecular flexibility index (Phi) is 4.31. The first-order chi connectivity index (χ1) is 12.3. The summed E-state index contributed by atoms with van der Waals surface area (Å²) in [6, 6.07) is 15.3. The first-order valence-electron chi connectivity index (χ1n) is 8.10. The molecule has 6 nitrogen and oxygen atoms in total. The van der Waals surface area contributed by atoms with Gasteiger partial charge in [0.2, 0.25) is 11.8 Å². The topological polar surface area (TPSA) is 90.3 Å². The number of nitrogens with zero attached hydrogens (tertiary/aromatic N) is 2. The predicted octanol–water partition coefficient (Wildman–Crippen LogP) is 2.46. The van der Waals surface area contributed by atoms with Gasteiger partial charge in [0.15, 0.2) is 0 Å². The summed E-state index contributed by atoms with van der Waals surface area (Å²) in [6.45, 7) is 3.09. The van der Waals surface area contributed by atoms with Crippen molar-refractivity contribution in [2.45, 2.75) is 19.3 Å². The molecule has 3 rings (SSSR count). The Bertz CT molecular complexity index is 957. The van der Waals surface area contributed by atoms with Gasteiger partial charge < -0.3 is 5.32 Å². The van der Waals surface area contributed by atoms with Gasteiger partial charge in [0.1, 0.15) is 6.54 Å². The molecule has 1 aliphatic rings. The van der Waals surface area contributed by atoms with Crippen LogP contribution in [0.1, 0.15) is 35.3 Å². The van der Waals surface area contributed by atoms with Gasteiger partial charge in [0.25, 0.3) is 5.91 Å². The van der Waals surface area contributed by atoms with Crippen molar-refractivity contribution < 1.29 is 14.4 Å². The molecule has 26 heavy (non-hydrogen) atoms. The van der Waals surface area contributed by atoms with E-state index in [1.807, 2.05) is 6.07 Å². The van der Waals surface area contributed by atoms with E-state index in [0.29, 0.717) is 22.4 Å². The first-order valence-corrected chi connectivity index (χ1v) is 8.10. The van der Waals surface area contributed by atoms with Crippen LogP contribution in [-0.4, -0.2) is 29.2 Å². The molecule has 2 aromatic carbocycles. The summed E-state index contributed by atoms with van der Waals surface area (Å²) >= 11 is 0. The summed E-state index contributed by atoms with van der Waals surface area (Å²) in [5, 5.41) is 11.5. The molecule has 6 heteroatoms. The fourth-order valence-corrected chi connectivity index (χ4v) is 3.06. The summed E-state index contributed by atoms with van der Waals surface area (Å²) in [6.07, 6.45) is 0. The molecule has 1 aliphatic heterocycles. The predicted molar refractivity (Wildman–Crippen MR) is 95.3 cm³/mol. The summed E-state index contributed by atoms with van der Waals surface area (Å²) in [4.78, 5) is 38.8. The van der Waals surface area contributed by atoms with Crippen LogP contribution in [0.25, 0.3) is 0 Å². The standard InChI is InChI=1S/C20H17N3O3/c1-20(2)16-9-4-3-8-15(16)18(25)23(19(20)26)12-17(24)22-14-7-5-6-13(10-14)11-21/h3-10H,12H2,1-2H3,(H,22,24). The van der Waals surface area contributed by atoms with E-state index in [4.69, 9.17) is 5.26 Å². The van der Waals surface area contributed by atoms with E-state index in [1.54, 1.807) is 56.3 Å². The highest BCUT2D eigenvalue weighted by atomic mass is 16.2. The molecule has 0 radical (unpaired) electrons. The Morgan fingerprint density at radius 1 is 1.15 bits per heavy atom. The fraction of sp³-hybridized carbons (Fsp3) is 0.200. The Balaban J connectivity index is 1.83. The maximum atomic E-state index is 12.8. The molecule has 0 unspecified atom stereocenters. The van der Waals surface area contributed by atoms with Gasteiger partial charge in [-0.3, -0.25) is 19.3 Å². The van der Waals surface area contributed by atoms with Crippen LogP contribution in [-0.2, 0) is 15.0 Å². The molecule has 2 aromatic rings. The van der Waals surface area contributed by atoms with Gasteiger partial charge in [-0.25, -0.2) is 0 Å². The number of benzene rings is 2. The molecular formula is C20H17N3O3. The number of carbonyl (C=O) groups excluding carboxylic acids is 3. The number of fused-ring (bicyclic) bond motifs is 1. The van der Waals surface area contributed by atoms with E-state index in [-0.39, 0.29) is 6.54 Å². The average molecular weight is 347 g/mol. The van der Waals surface area contributed by atoms with Crippen molar-refractivity contribution in [3.63, 3.8) is 0 Å². The van der Waals surface area contributed by atoms with Crippen molar-refractivity contribution in [1.82, 2.24) is 4.90 Å². The van der Waals surface area contributed by atoms with Crippen LogP contribution in [0.15, 0.2) is 48.5 Å². The second kappa shape index (κ2) is 6.45. The highest BCUT2D eigenvalue weighted by Gasteiger charge is 2.44. The molecule has 3 amide bonds. The molecular weight excluding hydrogens is 330 g/mol. The minimum atomic E-state index is -0.897. The molecule has 0 aromatic heterocycles. The monoisotopic (exact) mass is 347 g/mol. The molecule has 0 fully saturated rings. The molecule has 130 valence electrons. The number of anilines is 1. The van der Waals surface area contributed by atoms with E-state index < -0.39 is 23.1 Å². The highest BCUT2D eigenvalue weighted by molar-refractivity contribution is 6.15. The van der Waals surface area contributed by atoms with Crippen LogP contribution in [0, 0.1) is 11.3 Å². The maximum absolute atomic E-state index is 12.8. The molecule has 0 saturated heterocycles. The quantitative estimate of drug-likeness (QED) is 0.864. The normalized spacial score (nSPS) is 15.2. The molecule has 0 aliphatic carbocycles. The van der Waals surface area contributed by atoms with E-state index >= 15 is 0 Å². The van der Waals surface area contributed by atoms with Crippen LogP contribution >= 0.6 is 0 Å². The van der Waals surface area contributed by atoms with Crippen molar-refractivity contribution in [2.75, 3.05) is 11.9 Å². The van der Waals surface area contributed by atoms with E-state index in [9.17, 15) is 14.4 Å². The zero-order valence-corrected chi connectivity index (χ0v) is 14.4. The summed E-state index contributed by atoms with van der Waals surface area (Å²) in [5.41, 5.74) is 1.03. The van der Waals surface area contributed by atoms with Gasteiger partial charge in [-0.2, -0.15) is 5.26 Å². The number of rotatable bonds is 3. The van der Waals surface area contributed by atoms with Crippen LogP contribution in [0.2, 0.25) is 0 Å². The van der Waals surface area contributed by atoms with Gasteiger partial charge in [0, 0.05) is 11.3 Å². The molecule has 0 spiro atoms. The largest absolute Gasteiger partial charge is 0.324 e. The lowest BCUT2D eigenvalue weighted by Crippen LogP contribution is -2.53. The zero-order chi connectivity index (χ0) is 18.9. The van der Waals surface area contributed by atoms with Crippen molar-refractivity contribution in [2.24, 2.45) is 0 Å². The van der Waals surface area contributed by atoms with Gasteiger partial charge in [-0.1, -0.05) is 24.3 Å². The van der Waals surface area contributed by atoms with Crippen LogP contribution in [0.3, 0.4) is 0 Å². The van der Waals surface area contributed by atoms with Gasteiger partial charge in [-0.05, 0) is 43.7 Å². The van der Waals surface area contributed by atoms with E-state index in [1.165, 1.54) is 6.07 Å². The number of amides is 3. The number of carbonyl (C=O) groups is 3. The second-order valence-corrected chi connectivity index (χ2v) is 6.61. The third-order valence-corrected chi connectivity index (χ3v) is 4.43. The Morgan fingerprint density at radius 3 is 2.62 bits per heavy atom. The SMILES string of the molecule is CC1(C)C(=O)N(CC(=O)Nc2cccc(C#N)c2)C(=O)c2ccccc21. The number of nitriles is 1. The number of hydrogen-bond donors (Lipinski definition) is 1. The number of nitrogens with one attached hydrogen (secondary N) is 1. The second-order valence-electron chi connectivity index (χ2n) is 6.61. The smallest absolute Gasteiger partial charge is 0.261 e. The maximum Gasteiger partial charge on any atom is 0.261 e. The third-order valence-electron chi connectivity index (χ3n) is 4.43. The van der Waals surface area contributed by atoms with E-state index in [2.05, 4.69) is 5.32 Å². The van der Waals surface area contributed by atoms with Gasteiger partial charge >= 0.3 is 0 Å². The van der Waals surface area contributed by atoms with Gasteiger partial charge in [-0.15, -0.1) is 0 Å². The lowest BCUT2D eigenvalue weighted by atomic mass is 9.77. The zero-order valence-electron chi connectivity index (χ0n) is 14.4. The lowest BCUT2D eigenvalue weighted by Gasteiger charge is -2.37. The van der Waals surface area contributed by atoms with Crippen LogP contribution in [0.5, 0.6) is 0 Å². The van der Waals surface area contributed by atoms with Crippen LogP contribution in [0.4, 0.5) is 5.69 Å². The molecule has 1 N–H and O–H groups in total. The first kappa shape index (κ1) is 17.4. The fourth-order valence-electron chi connectivity index (χ4n) is 3.06. The Hall–Kier alpha value is -3.46. The summed E-state index contributed by atoms with van der Waals surface area (Å²) in [5.74, 6) is -1.40.